The fraction of sp³-hybridized carbons (Fsp3) is 0.464. The van der Waals surface area contributed by atoms with E-state index in [9.17, 15) is 18.4 Å². The van der Waals surface area contributed by atoms with Crippen LogP contribution in [0.5, 0.6) is 17.2 Å². The van der Waals surface area contributed by atoms with Crippen molar-refractivity contribution in [1.29, 1.82) is 0 Å². The Labute approximate surface area is 226 Å². The van der Waals surface area contributed by atoms with Gasteiger partial charge in [-0.05, 0) is 48.7 Å². The second-order valence-corrected chi connectivity index (χ2v) is 10.1. The average Bonchev–Trinajstić information content (AvgIpc) is 3.21. The highest BCUT2D eigenvalue weighted by Gasteiger charge is 2.47. The first-order valence-corrected chi connectivity index (χ1v) is 12.8. The number of amides is 1. The van der Waals surface area contributed by atoms with Gasteiger partial charge in [-0.1, -0.05) is 19.9 Å². The zero-order chi connectivity index (χ0) is 28.3. The van der Waals surface area contributed by atoms with Crippen LogP contribution in [0.1, 0.15) is 48.2 Å². The van der Waals surface area contributed by atoms with Crippen LogP contribution in [-0.2, 0) is 11.3 Å². The topological polar surface area (TPSA) is 107 Å². The fourth-order valence-corrected chi connectivity index (χ4v) is 5.34. The quantitative estimate of drug-likeness (QED) is 0.480. The lowest BCUT2D eigenvalue weighted by atomic mass is 9.78. The molecular formula is C28H34F2N4O5. The highest BCUT2D eigenvalue weighted by molar-refractivity contribution is 6.07. The lowest BCUT2D eigenvalue weighted by Crippen LogP contribution is -2.50. The summed E-state index contributed by atoms with van der Waals surface area (Å²) in [5, 5.41) is 6.79. The second-order valence-electron chi connectivity index (χ2n) is 10.1. The molecule has 2 heterocycles. The van der Waals surface area contributed by atoms with E-state index in [4.69, 9.17) is 20.3 Å². The molecule has 0 radical (unpaired) electrons. The smallest absolute Gasteiger partial charge is 0.387 e. The van der Waals surface area contributed by atoms with Crippen molar-refractivity contribution in [2.24, 2.45) is 16.3 Å². The number of likely N-dealkylation sites (tertiary alicyclic amines) is 1. The number of piperidine rings is 1. The monoisotopic (exact) mass is 544 g/mol. The number of aldehydes is 1. The number of methoxy groups -OCH3 is 2. The third kappa shape index (κ3) is 5.54. The Morgan fingerprint density at radius 2 is 1.82 bits per heavy atom. The predicted octanol–water partition coefficient (Wildman–Crippen LogP) is 3.68. The molecule has 4 rings (SSSR count). The summed E-state index contributed by atoms with van der Waals surface area (Å²) in [4.78, 5) is 27.3. The Morgan fingerprint density at radius 3 is 2.41 bits per heavy atom. The van der Waals surface area contributed by atoms with Gasteiger partial charge in [0.15, 0.2) is 11.5 Å². The minimum Gasteiger partial charge on any atom is -0.493 e. The summed E-state index contributed by atoms with van der Waals surface area (Å²) in [6.07, 6.45) is 2.09. The molecular weight excluding hydrogens is 510 g/mol. The van der Waals surface area contributed by atoms with E-state index in [-0.39, 0.29) is 29.8 Å². The lowest BCUT2D eigenvalue weighted by Gasteiger charge is -2.39. The number of rotatable bonds is 9. The van der Waals surface area contributed by atoms with E-state index >= 15 is 0 Å². The molecule has 0 bridgehead atoms. The number of hydrogen-bond acceptors (Lipinski definition) is 8. The summed E-state index contributed by atoms with van der Waals surface area (Å²) in [6, 6.07) is 9.23. The molecule has 1 amide bonds. The second kappa shape index (κ2) is 11.6. The van der Waals surface area contributed by atoms with Crippen LogP contribution < -0.4 is 19.9 Å². The molecule has 2 aliphatic rings. The normalized spacial score (nSPS) is 19.2. The molecule has 0 aromatic heterocycles. The first-order valence-electron chi connectivity index (χ1n) is 12.8. The van der Waals surface area contributed by atoms with Crippen LogP contribution >= 0.6 is 0 Å². The number of ether oxygens (including phenoxy) is 3. The van der Waals surface area contributed by atoms with Crippen molar-refractivity contribution in [2.75, 3.05) is 27.3 Å². The van der Waals surface area contributed by atoms with Gasteiger partial charge in [-0.3, -0.25) is 9.80 Å². The lowest BCUT2D eigenvalue weighted by molar-refractivity contribution is -0.115. The van der Waals surface area contributed by atoms with Crippen LogP contribution in [0.25, 0.3) is 0 Å². The Hall–Kier alpha value is -3.73. The number of hydrogen-bond donors (Lipinski definition) is 1. The van der Waals surface area contributed by atoms with E-state index in [2.05, 4.69) is 4.74 Å². The maximum absolute atomic E-state index is 13.3. The Kier molecular flexibility index (Phi) is 8.39. The largest absolute Gasteiger partial charge is 0.493 e. The molecule has 11 heteroatoms. The molecule has 1 fully saturated rings. The summed E-state index contributed by atoms with van der Waals surface area (Å²) in [5.74, 6) is 0.784. The number of carbonyl (C=O) groups excluding carboxylic acids is 2. The zero-order valence-electron chi connectivity index (χ0n) is 22.5. The maximum Gasteiger partial charge on any atom is 0.387 e. The van der Waals surface area contributed by atoms with Gasteiger partial charge in [0.25, 0.3) is 5.91 Å². The van der Waals surface area contributed by atoms with Crippen LogP contribution in [0.3, 0.4) is 0 Å². The molecule has 2 aliphatic heterocycles. The van der Waals surface area contributed by atoms with Gasteiger partial charge in [-0.25, -0.2) is 0 Å². The first-order chi connectivity index (χ1) is 18.6. The third-order valence-corrected chi connectivity index (χ3v) is 7.52. The number of halogens is 2. The van der Waals surface area contributed by atoms with Gasteiger partial charge in [0.1, 0.15) is 18.1 Å². The van der Waals surface area contributed by atoms with E-state index < -0.39 is 18.1 Å². The van der Waals surface area contributed by atoms with Crippen molar-refractivity contribution in [3.63, 3.8) is 0 Å². The Bertz CT molecular complexity index is 1240. The summed E-state index contributed by atoms with van der Waals surface area (Å²) >= 11 is 0. The summed E-state index contributed by atoms with van der Waals surface area (Å²) in [5.41, 5.74) is 7.62. The first kappa shape index (κ1) is 28.3. The molecule has 210 valence electrons. The van der Waals surface area contributed by atoms with E-state index in [1.54, 1.807) is 19.1 Å². The van der Waals surface area contributed by atoms with Gasteiger partial charge in [0.05, 0.1) is 26.0 Å². The molecule has 2 N–H and O–H groups in total. The molecule has 9 nitrogen and oxygen atoms in total. The van der Waals surface area contributed by atoms with E-state index in [1.807, 2.05) is 37.1 Å². The zero-order valence-corrected chi connectivity index (χ0v) is 22.5. The highest BCUT2D eigenvalue weighted by Crippen LogP contribution is 2.40. The minimum absolute atomic E-state index is 0.0661. The van der Waals surface area contributed by atoms with Gasteiger partial charge in [-0.2, -0.15) is 13.9 Å². The summed E-state index contributed by atoms with van der Waals surface area (Å²) in [7, 11) is 3.14. The van der Waals surface area contributed by atoms with Crippen LogP contribution in [0.15, 0.2) is 41.5 Å². The Balaban J connectivity index is 1.53. The third-order valence-electron chi connectivity index (χ3n) is 7.52. The van der Waals surface area contributed by atoms with Crippen molar-refractivity contribution in [1.82, 2.24) is 9.91 Å². The number of alkyl halides is 2. The predicted molar refractivity (Wildman–Crippen MR) is 141 cm³/mol. The number of carbonyl (C=O) groups is 2. The van der Waals surface area contributed by atoms with Crippen molar-refractivity contribution >= 4 is 17.9 Å². The van der Waals surface area contributed by atoms with Crippen LogP contribution in [-0.4, -0.2) is 73.8 Å². The van der Waals surface area contributed by atoms with Crippen LogP contribution in [0.2, 0.25) is 0 Å². The minimum atomic E-state index is -2.99. The van der Waals surface area contributed by atoms with Gasteiger partial charge in [0, 0.05) is 36.2 Å². The molecule has 1 saturated heterocycles. The molecule has 0 spiro atoms. The average molecular weight is 545 g/mol. The summed E-state index contributed by atoms with van der Waals surface area (Å²) < 4.78 is 40.7. The number of benzene rings is 2. The summed E-state index contributed by atoms with van der Waals surface area (Å²) in [6.45, 7) is 1.90. The maximum atomic E-state index is 13.3. The molecule has 39 heavy (non-hydrogen) atoms. The fourth-order valence-electron chi connectivity index (χ4n) is 5.34. The van der Waals surface area contributed by atoms with E-state index in [0.717, 1.165) is 17.6 Å². The molecule has 1 atom stereocenters. The molecule has 0 aliphatic carbocycles. The van der Waals surface area contributed by atoms with E-state index in [0.29, 0.717) is 43.0 Å². The van der Waals surface area contributed by atoms with Gasteiger partial charge >= 0.3 is 6.61 Å². The van der Waals surface area contributed by atoms with Crippen LogP contribution in [0.4, 0.5) is 8.78 Å². The molecule has 0 saturated carbocycles. The number of nitrogens with zero attached hydrogens (tertiary/aromatic N) is 3. The number of nitrogens with two attached hydrogens (primary N) is 1. The van der Waals surface area contributed by atoms with Crippen molar-refractivity contribution in [2.45, 2.75) is 51.9 Å². The van der Waals surface area contributed by atoms with Crippen molar-refractivity contribution in [3.05, 3.63) is 53.1 Å². The van der Waals surface area contributed by atoms with E-state index in [1.165, 1.54) is 18.2 Å². The van der Waals surface area contributed by atoms with Gasteiger partial charge in [-0.15, -0.1) is 0 Å². The highest BCUT2D eigenvalue weighted by atomic mass is 19.3. The molecule has 2 aromatic rings. The number of hydrazone groups is 1. The van der Waals surface area contributed by atoms with Gasteiger partial charge in [0.2, 0.25) is 0 Å². The van der Waals surface area contributed by atoms with Gasteiger partial charge < -0.3 is 29.6 Å². The molecule has 2 aromatic carbocycles. The van der Waals surface area contributed by atoms with Crippen LogP contribution in [0, 0.1) is 5.41 Å². The molecule has 1 unspecified atom stereocenters. The SMILES string of the molecule is COc1ccc(C2=NN(C3CCN(C(=O)c4cc(OC(F)F)ccc4CN)CC3)C(C=O)C2(C)C)cc1OC. The van der Waals surface area contributed by atoms with Crippen molar-refractivity contribution in [3.8, 4) is 17.2 Å². The van der Waals surface area contributed by atoms with Crippen molar-refractivity contribution < 1.29 is 32.6 Å². The Morgan fingerprint density at radius 1 is 1.13 bits per heavy atom. The standard InChI is InChI=1S/C28H34F2N4O5/c1-28(2)24(16-35)34(32-25(28)17-6-8-22(37-3)23(13-17)38-4)19-9-11-33(12-10-19)26(36)21-14-20(39-27(29)30)7-5-18(21)15-31/h5-8,13-14,16,19,24,27H,9-12,15,31H2,1-4H3.